The van der Waals surface area contributed by atoms with Gasteiger partial charge in [0.05, 0.1) is 25.1 Å². The van der Waals surface area contributed by atoms with Gasteiger partial charge in [0.25, 0.3) is 5.56 Å². The first kappa shape index (κ1) is 14.4. The number of nitrogens with zero attached hydrogens (tertiary/aromatic N) is 2. The van der Waals surface area contributed by atoms with Gasteiger partial charge in [-0.2, -0.15) is 0 Å². The predicted octanol–water partition coefficient (Wildman–Crippen LogP) is -0.241. The minimum absolute atomic E-state index is 0.0566. The van der Waals surface area contributed by atoms with E-state index in [-0.39, 0.29) is 5.56 Å². The van der Waals surface area contributed by atoms with E-state index in [1.165, 1.54) is 4.90 Å². The van der Waals surface area contributed by atoms with Crippen LogP contribution in [0.3, 0.4) is 0 Å². The molecule has 112 valence electrons. The van der Waals surface area contributed by atoms with Gasteiger partial charge in [0, 0.05) is 19.2 Å². The van der Waals surface area contributed by atoms with E-state index in [0.717, 1.165) is 39.3 Å². The Hall–Kier alpha value is -1.57. The first-order valence-electron chi connectivity index (χ1n) is 7.25. The van der Waals surface area contributed by atoms with Crippen LogP contribution in [0.15, 0.2) is 23.1 Å². The van der Waals surface area contributed by atoms with Crippen LogP contribution >= 0.6 is 12.2 Å². The molecule has 2 N–H and O–H groups in total. The summed E-state index contributed by atoms with van der Waals surface area (Å²) in [5.41, 5.74) is 0.501. The van der Waals surface area contributed by atoms with Crippen molar-refractivity contribution in [2.24, 2.45) is 0 Å². The number of rotatable bonds is 4. The number of nitrogens with one attached hydrogen (secondary N) is 2. The summed E-state index contributed by atoms with van der Waals surface area (Å²) in [5, 5.41) is 0.588. The summed E-state index contributed by atoms with van der Waals surface area (Å²) in [6, 6.07) is 3.54. The highest BCUT2D eigenvalue weighted by Gasteiger charge is 2.13. The first-order chi connectivity index (χ1) is 10.3. The van der Waals surface area contributed by atoms with Crippen molar-refractivity contribution in [2.45, 2.75) is 13.0 Å². The summed E-state index contributed by atoms with van der Waals surface area (Å²) < 4.78 is 7.43. The molecule has 1 aliphatic rings. The standard InChI is InChI=1S/C14H18N4O2S/c19-13-11-3-1-4-15-12(11)16-14(21)18(13)6-2-5-17-7-9-20-10-8-17/h1,3-4H,2,5-10H2,(H,15,16,21)/p+1. The van der Waals surface area contributed by atoms with Crippen molar-refractivity contribution in [3.05, 3.63) is 33.5 Å². The van der Waals surface area contributed by atoms with Crippen molar-refractivity contribution in [3.8, 4) is 0 Å². The second-order valence-electron chi connectivity index (χ2n) is 5.25. The van der Waals surface area contributed by atoms with Crippen molar-refractivity contribution < 1.29 is 9.64 Å². The molecule has 0 radical (unpaired) electrons. The number of quaternary nitrogens is 1. The van der Waals surface area contributed by atoms with E-state index in [1.807, 2.05) is 0 Å². The number of hydrogen-bond donors (Lipinski definition) is 2. The Balaban J connectivity index is 1.74. The topological polar surface area (TPSA) is 64.3 Å². The van der Waals surface area contributed by atoms with Gasteiger partial charge in [-0.25, -0.2) is 4.98 Å². The largest absolute Gasteiger partial charge is 0.370 e. The molecule has 0 bridgehead atoms. The number of pyridine rings is 1. The van der Waals surface area contributed by atoms with E-state index in [0.29, 0.717) is 22.3 Å². The van der Waals surface area contributed by atoms with Gasteiger partial charge >= 0.3 is 0 Å². The van der Waals surface area contributed by atoms with Crippen LogP contribution in [0.4, 0.5) is 0 Å². The molecule has 0 atom stereocenters. The fourth-order valence-electron chi connectivity index (χ4n) is 2.68. The van der Waals surface area contributed by atoms with Crippen molar-refractivity contribution in [3.63, 3.8) is 0 Å². The Kier molecular flexibility index (Phi) is 4.42. The quantitative estimate of drug-likeness (QED) is 0.765. The van der Waals surface area contributed by atoms with Gasteiger partial charge in [0.2, 0.25) is 0 Å². The number of fused-ring (bicyclic) bond motifs is 1. The molecule has 0 unspecified atom stereocenters. The maximum absolute atomic E-state index is 12.4. The van der Waals surface area contributed by atoms with E-state index in [2.05, 4.69) is 9.97 Å². The first-order valence-corrected chi connectivity index (χ1v) is 7.66. The highest BCUT2D eigenvalue weighted by Crippen LogP contribution is 2.02. The second-order valence-corrected chi connectivity index (χ2v) is 5.64. The molecule has 3 rings (SSSR count). The summed E-state index contributed by atoms with van der Waals surface area (Å²) in [6.45, 7) is 5.43. The maximum atomic E-state index is 12.4. The summed E-state index contributed by atoms with van der Waals surface area (Å²) in [4.78, 5) is 21.1. The van der Waals surface area contributed by atoms with Crippen molar-refractivity contribution in [1.29, 1.82) is 0 Å². The van der Waals surface area contributed by atoms with Gasteiger partial charge in [-0.15, -0.1) is 0 Å². The van der Waals surface area contributed by atoms with Gasteiger partial charge in [-0.3, -0.25) is 9.36 Å². The number of morpholine rings is 1. The smallest absolute Gasteiger partial charge is 0.263 e. The lowest BCUT2D eigenvalue weighted by molar-refractivity contribution is -0.908. The lowest BCUT2D eigenvalue weighted by Gasteiger charge is -2.23. The number of H-pyrrole nitrogens is 1. The van der Waals surface area contributed by atoms with Crippen molar-refractivity contribution in [1.82, 2.24) is 14.5 Å². The molecule has 0 spiro atoms. The van der Waals surface area contributed by atoms with Crippen LogP contribution < -0.4 is 10.5 Å². The van der Waals surface area contributed by atoms with Crippen LogP contribution in [0.2, 0.25) is 0 Å². The van der Waals surface area contributed by atoms with Gasteiger partial charge in [-0.1, -0.05) is 0 Å². The third kappa shape index (κ3) is 3.20. The predicted molar refractivity (Wildman–Crippen MR) is 82.2 cm³/mol. The molecular formula is C14H19N4O2S+. The average Bonchev–Trinajstić information content (AvgIpc) is 2.51. The van der Waals surface area contributed by atoms with E-state index in [9.17, 15) is 4.79 Å². The van der Waals surface area contributed by atoms with Crippen LogP contribution in [-0.2, 0) is 11.3 Å². The summed E-state index contributed by atoms with van der Waals surface area (Å²) >= 11 is 5.28. The molecule has 2 aromatic heterocycles. The minimum Gasteiger partial charge on any atom is -0.370 e. The third-order valence-electron chi connectivity index (χ3n) is 3.87. The molecular weight excluding hydrogens is 288 g/mol. The molecule has 0 aliphatic carbocycles. The van der Waals surface area contributed by atoms with Gasteiger partial charge in [0.1, 0.15) is 18.7 Å². The van der Waals surface area contributed by atoms with Crippen molar-refractivity contribution in [2.75, 3.05) is 32.8 Å². The lowest BCUT2D eigenvalue weighted by atomic mass is 10.3. The molecule has 1 aliphatic heterocycles. The molecule has 0 aromatic carbocycles. The molecule has 6 nitrogen and oxygen atoms in total. The van der Waals surface area contributed by atoms with Gasteiger partial charge < -0.3 is 14.6 Å². The zero-order valence-corrected chi connectivity index (χ0v) is 12.6. The molecule has 1 fully saturated rings. The molecule has 3 heterocycles. The fourth-order valence-corrected chi connectivity index (χ4v) is 2.96. The van der Waals surface area contributed by atoms with Crippen LogP contribution in [0.25, 0.3) is 11.0 Å². The Bertz CT molecular complexity index is 734. The van der Waals surface area contributed by atoms with Crippen LogP contribution in [0.1, 0.15) is 6.42 Å². The number of ether oxygens (including phenoxy) is 1. The molecule has 21 heavy (non-hydrogen) atoms. The van der Waals surface area contributed by atoms with Gasteiger partial charge in [-0.05, 0) is 24.4 Å². The Morgan fingerprint density at radius 1 is 1.43 bits per heavy atom. The van der Waals surface area contributed by atoms with Gasteiger partial charge in [0.15, 0.2) is 4.77 Å². The molecule has 0 amide bonds. The van der Waals surface area contributed by atoms with E-state index >= 15 is 0 Å². The summed E-state index contributed by atoms with van der Waals surface area (Å²) in [7, 11) is 0. The summed E-state index contributed by atoms with van der Waals surface area (Å²) in [5.74, 6) is 0. The lowest BCUT2D eigenvalue weighted by Crippen LogP contribution is -3.14. The van der Waals surface area contributed by atoms with Crippen LogP contribution in [-0.4, -0.2) is 47.4 Å². The Morgan fingerprint density at radius 3 is 3.05 bits per heavy atom. The Labute approximate surface area is 127 Å². The second kappa shape index (κ2) is 6.46. The monoisotopic (exact) mass is 307 g/mol. The third-order valence-corrected chi connectivity index (χ3v) is 4.19. The summed E-state index contributed by atoms with van der Waals surface area (Å²) in [6.07, 6.45) is 2.58. The normalized spacial score (nSPS) is 16.4. The molecule has 1 saturated heterocycles. The SMILES string of the molecule is O=c1c2cccnc2[nH]c(=S)n1CCC[NH+]1CCOCC1. The average molecular weight is 307 g/mol. The molecule has 0 saturated carbocycles. The maximum Gasteiger partial charge on any atom is 0.263 e. The van der Waals surface area contributed by atoms with Crippen LogP contribution in [0, 0.1) is 4.77 Å². The highest BCUT2D eigenvalue weighted by atomic mass is 32.1. The van der Waals surface area contributed by atoms with E-state index in [4.69, 9.17) is 17.0 Å². The molecule has 7 heteroatoms. The number of hydrogen-bond acceptors (Lipinski definition) is 4. The highest BCUT2D eigenvalue weighted by molar-refractivity contribution is 7.71. The molecule has 2 aromatic rings. The van der Waals surface area contributed by atoms with E-state index in [1.54, 1.807) is 22.9 Å². The zero-order chi connectivity index (χ0) is 14.7. The minimum atomic E-state index is -0.0566. The van der Waals surface area contributed by atoms with Crippen LogP contribution in [0.5, 0.6) is 0 Å². The van der Waals surface area contributed by atoms with Crippen molar-refractivity contribution >= 4 is 23.3 Å². The zero-order valence-electron chi connectivity index (χ0n) is 11.8. The number of aromatic amines is 1. The number of aromatic nitrogens is 3. The fraction of sp³-hybridized carbons (Fsp3) is 0.500. The Morgan fingerprint density at radius 2 is 2.24 bits per heavy atom. The van der Waals surface area contributed by atoms with E-state index < -0.39 is 0 Å².